The maximum absolute atomic E-state index is 11.9. The molecule has 2 aromatic rings. The topological polar surface area (TPSA) is 71.5 Å². The van der Waals surface area contributed by atoms with Crippen LogP contribution in [0.5, 0.6) is 5.75 Å². The van der Waals surface area contributed by atoms with E-state index < -0.39 is 0 Å². The van der Waals surface area contributed by atoms with Crippen molar-refractivity contribution in [1.82, 2.24) is 10.3 Å². The van der Waals surface area contributed by atoms with Gasteiger partial charge >= 0.3 is 0 Å². The molecule has 0 unspecified atom stereocenters. The molecule has 0 atom stereocenters. The number of methoxy groups -OCH3 is 1. The van der Waals surface area contributed by atoms with Crippen LogP contribution in [-0.4, -0.2) is 29.7 Å². The third-order valence-electron chi connectivity index (χ3n) is 3.59. The van der Waals surface area contributed by atoms with Crippen molar-refractivity contribution in [3.8, 4) is 5.75 Å². The monoisotopic (exact) mass is 314 g/mol. The number of aromatic nitrogens is 1. The van der Waals surface area contributed by atoms with Gasteiger partial charge in [-0.2, -0.15) is 0 Å². The standard InChI is InChI=1S/C18H22N2O3/c1-23-17-10-16(11-19-12-17)6-7-18(22)20-9-8-14-2-4-15(13-21)5-3-14/h2-5,10-12,21H,6-9,13H2,1H3,(H,20,22). The zero-order valence-electron chi connectivity index (χ0n) is 13.3. The van der Waals surface area contributed by atoms with Crippen molar-refractivity contribution in [1.29, 1.82) is 0 Å². The Hall–Kier alpha value is -2.40. The second kappa shape index (κ2) is 8.90. The van der Waals surface area contributed by atoms with Crippen molar-refractivity contribution in [3.05, 3.63) is 59.4 Å². The molecule has 0 bridgehead atoms. The van der Waals surface area contributed by atoms with Crippen molar-refractivity contribution >= 4 is 5.91 Å². The highest BCUT2D eigenvalue weighted by atomic mass is 16.5. The molecule has 122 valence electrons. The Labute approximate surface area is 136 Å². The molecule has 0 aliphatic heterocycles. The molecule has 0 saturated heterocycles. The maximum atomic E-state index is 11.9. The number of aryl methyl sites for hydroxylation is 1. The molecule has 2 rings (SSSR count). The van der Waals surface area contributed by atoms with E-state index in [9.17, 15) is 4.79 Å². The second-order valence-electron chi connectivity index (χ2n) is 5.31. The van der Waals surface area contributed by atoms with Crippen LogP contribution in [-0.2, 0) is 24.2 Å². The molecular weight excluding hydrogens is 292 g/mol. The number of aliphatic hydroxyl groups is 1. The predicted octanol–water partition coefficient (Wildman–Crippen LogP) is 1.87. The Morgan fingerprint density at radius 1 is 1.13 bits per heavy atom. The van der Waals surface area contributed by atoms with Gasteiger partial charge in [0.2, 0.25) is 5.91 Å². The van der Waals surface area contributed by atoms with Gasteiger partial charge in [0.1, 0.15) is 5.75 Å². The molecule has 1 heterocycles. The van der Waals surface area contributed by atoms with Crippen LogP contribution in [0.1, 0.15) is 23.1 Å². The fourth-order valence-corrected chi connectivity index (χ4v) is 2.22. The number of carbonyl (C=O) groups is 1. The van der Waals surface area contributed by atoms with Gasteiger partial charge in [0.25, 0.3) is 0 Å². The van der Waals surface area contributed by atoms with Gasteiger partial charge in [0, 0.05) is 19.2 Å². The van der Waals surface area contributed by atoms with Crippen LogP contribution in [0, 0.1) is 0 Å². The summed E-state index contributed by atoms with van der Waals surface area (Å²) in [5.74, 6) is 0.731. The summed E-state index contributed by atoms with van der Waals surface area (Å²) in [7, 11) is 1.60. The summed E-state index contributed by atoms with van der Waals surface area (Å²) in [6, 6.07) is 9.63. The number of pyridine rings is 1. The van der Waals surface area contributed by atoms with Gasteiger partial charge in [0.05, 0.1) is 19.9 Å². The van der Waals surface area contributed by atoms with Crippen LogP contribution in [0.15, 0.2) is 42.7 Å². The van der Waals surface area contributed by atoms with E-state index in [0.29, 0.717) is 25.1 Å². The number of nitrogens with one attached hydrogen (secondary N) is 1. The summed E-state index contributed by atoms with van der Waals surface area (Å²) in [6.07, 6.45) is 5.24. The quantitative estimate of drug-likeness (QED) is 0.780. The average molecular weight is 314 g/mol. The zero-order valence-corrected chi connectivity index (χ0v) is 13.3. The first kappa shape index (κ1) is 17.0. The summed E-state index contributed by atoms with van der Waals surface area (Å²) in [6.45, 7) is 0.657. The number of aliphatic hydroxyl groups excluding tert-OH is 1. The van der Waals surface area contributed by atoms with E-state index in [1.165, 1.54) is 0 Å². The first-order valence-electron chi connectivity index (χ1n) is 7.64. The van der Waals surface area contributed by atoms with Crippen molar-refractivity contribution in [3.63, 3.8) is 0 Å². The van der Waals surface area contributed by atoms with Crippen LogP contribution < -0.4 is 10.1 Å². The van der Waals surface area contributed by atoms with Gasteiger partial charge in [-0.1, -0.05) is 24.3 Å². The molecule has 0 saturated carbocycles. The van der Waals surface area contributed by atoms with Crippen molar-refractivity contribution in [2.24, 2.45) is 0 Å². The number of rotatable bonds is 8. The van der Waals surface area contributed by atoms with Crippen LogP contribution in [0.3, 0.4) is 0 Å². The molecule has 2 N–H and O–H groups in total. The van der Waals surface area contributed by atoms with E-state index in [4.69, 9.17) is 9.84 Å². The SMILES string of the molecule is COc1cncc(CCC(=O)NCCc2ccc(CO)cc2)c1. The van der Waals surface area contributed by atoms with Crippen LogP contribution in [0.2, 0.25) is 0 Å². The van der Waals surface area contributed by atoms with E-state index in [-0.39, 0.29) is 12.5 Å². The Morgan fingerprint density at radius 3 is 2.57 bits per heavy atom. The lowest BCUT2D eigenvalue weighted by molar-refractivity contribution is -0.121. The number of hydrogen-bond donors (Lipinski definition) is 2. The van der Waals surface area contributed by atoms with E-state index in [1.807, 2.05) is 30.3 Å². The molecule has 23 heavy (non-hydrogen) atoms. The lowest BCUT2D eigenvalue weighted by Gasteiger charge is -2.07. The van der Waals surface area contributed by atoms with Crippen molar-refractivity contribution in [2.75, 3.05) is 13.7 Å². The molecule has 0 radical (unpaired) electrons. The highest BCUT2D eigenvalue weighted by molar-refractivity contribution is 5.76. The smallest absolute Gasteiger partial charge is 0.220 e. The largest absolute Gasteiger partial charge is 0.495 e. The van der Waals surface area contributed by atoms with E-state index in [1.54, 1.807) is 19.5 Å². The lowest BCUT2D eigenvalue weighted by atomic mass is 10.1. The number of ether oxygens (including phenoxy) is 1. The van der Waals surface area contributed by atoms with Crippen LogP contribution in [0.25, 0.3) is 0 Å². The Morgan fingerprint density at radius 2 is 1.87 bits per heavy atom. The summed E-state index contributed by atoms with van der Waals surface area (Å²) >= 11 is 0. The first-order valence-corrected chi connectivity index (χ1v) is 7.64. The number of amides is 1. The fraction of sp³-hybridized carbons (Fsp3) is 0.333. The third kappa shape index (κ3) is 5.71. The number of hydrogen-bond acceptors (Lipinski definition) is 4. The molecule has 1 amide bonds. The van der Waals surface area contributed by atoms with Gasteiger partial charge in [0.15, 0.2) is 0 Å². The van der Waals surface area contributed by atoms with Gasteiger partial charge in [-0.05, 0) is 35.6 Å². The molecule has 0 fully saturated rings. The first-order chi connectivity index (χ1) is 11.2. The van der Waals surface area contributed by atoms with Crippen LogP contribution >= 0.6 is 0 Å². The highest BCUT2D eigenvalue weighted by Gasteiger charge is 2.04. The molecule has 0 spiro atoms. The van der Waals surface area contributed by atoms with E-state index >= 15 is 0 Å². The maximum Gasteiger partial charge on any atom is 0.220 e. The Kier molecular flexibility index (Phi) is 6.56. The minimum atomic E-state index is 0.0276. The normalized spacial score (nSPS) is 10.3. The van der Waals surface area contributed by atoms with E-state index in [2.05, 4.69) is 10.3 Å². The zero-order chi connectivity index (χ0) is 16.5. The van der Waals surface area contributed by atoms with E-state index in [0.717, 1.165) is 23.1 Å². The molecule has 5 nitrogen and oxygen atoms in total. The Bertz CT molecular complexity index is 626. The predicted molar refractivity (Wildman–Crippen MR) is 88.2 cm³/mol. The van der Waals surface area contributed by atoms with Gasteiger partial charge in [-0.3, -0.25) is 9.78 Å². The molecule has 1 aromatic carbocycles. The number of carbonyl (C=O) groups excluding carboxylic acids is 1. The van der Waals surface area contributed by atoms with Crippen molar-refractivity contribution < 1.29 is 14.6 Å². The van der Waals surface area contributed by atoms with Gasteiger partial charge in [-0.15, -0.1) is 0 Å². The number of benzene rings is 1. The summed E-state index contributed by atoms with van der Waals surface area (Å²) in [4.78, 5) is 15.9. The summed E-state index contributed by atoms with van der Waals surface area (Å²) in [5, 5.41) is 11.9. The molecular formula is C18H22N2O3. The van der Waals surface area contributed by atoms with Crippen LogP contribution in [0.4, 0.5) is 0 Å². The molecule has 0 aliphatic rings. The molecule has 0 aliphatic carbocycles. The minimum absolute atomic E-state index is 0.0276. The average Bonchev–Trinajstić information content (AvgIpc) is 2.61. The lowest BCUT2D eigenvalue weighted by Crippen LogP contribution is -2.25. The second-order valence-corrected chi connectivity index (χ2v) is 5.31. The summed E-state index contributed by atoms with van der Waals surface area (Å²) in [5.41, 5.74) is 3.02. The fourth-order valence-electron chi connectivity index (χ4n) is 2.22. The third-order valence-corrected chi connectivity index (χ3v) is 3.59. The van der Waals surface area contributed by atoms with Gasteiger partial charge in [-0.25, -0.2) is 0 Å². The molecule has 1 aromatic heterocycles. The van der Waals surface area contributed by atoms with Crippen molar-refractivity contribution in [2.45, 2.75) is 25.9 Å². The molecule has 5 heteroatoms. The Balaban J connectivity index is 1.70. The highest BCUT2D eigenvalue weighted by Crippen LogP contribution is 2.11. The summed E-state index contributed by atoms with van der Waals surface area (Å²) < 4.78 is 5.11. The number of nitrogens with zero attached hydrogens (tertiary/aromatic N) is 1. The minimum Gasteiger partial charge on any atom is -0.495 e. The van der Waals surface area contributed by atoms with Gasteiger partial charge < -0.3 is 15.2 Å².